The fraction of sp³-hybridized carbons (Fsp3) is 0.316. The van der Waals surface area contributed by atoms with Gasteiger partial charge >= 0.3 is 6.09 Å². The van der Waals surface area contributed by atoms with Crippen LogP contribution in [0, 0.1) is 0 Å². The van der Waals surface area contributed by atoms with Gasteiger partial charge in [0.2, 0.25) is 0 Å². The van der Waals surface area contributed by atoms with Crippen molar-refractivity contribution in [3.63, 3.8) is 0 Å². The van der Waals surface area contributed by atoms with Crippen LogP contribution in [-0.4, -0.2) is 49.2 Å². The summed E-state index contributed by atoms with van der Waals surface area (Å²) in [6.45, 7) is 3.88. The SMILES string of the molecule is COc1cccc(CN2CCN(C(=O)Oc3ccccc3)CC2)c1. The number of piperazine rings is 1. The molecule has 0 aromatic heterocycles. The lowest BCUT2D eigenvalue weighted by Crippen LogP contribution is -2.49. The number of benzene rings is 2. The fourth-order valence-electron chi connectivity index (χ4n) is 2.77. The second kappa shape index (κ2) is 7.84. The first-order valence-corrected chi connectivity index (χ1v) is 8.12. The van der Waals surface area contributed by atoms with Crippen molar-refractivity contribution >= 4 is 6.09 Å². The predicted octanol–water partition coefficient (Wildman–Crippen LogP) is 3.01. The van der Waals surface area contributed by atoms with Crippen molar-refractivity contribution in [2.24, 2.45) is 0 Å². The van der Waals surface area contributed by atoms with Crippen molar-refractivity contribution in [1.29, 1.82) is 0 Å². The normalized spacial score (nSPS) is 15.1. The van der Waals surface area contributed by atoms with Gasteiger partial charge in [0.15, 0.2) is 0 Å². The first kappa shape index (κ1) is 16.3. The summed E-state index contributed by atoms with van der Waals surface area (Å²) >= 11 is 0. The largest absolute Gasteiger partial charge is 0.497 e. The molecule has 2 aromatic carbocycles. The third kappa shape index (κ3) is 4.26. The minimum atomic E-state index is -0.276. The van der Waals surface area contributed by atoms with Crippen LogP contribution in [-0.2, 0) is 6.54 Å². The van der Waals surface area contributed by atoms with Crippen molar-refractivity contribution in [3.05, 3.63) is 60.2 Å². The number of methoxy groups -OCH3 is 1. The van der Waals surface area contributed by atoms with Gasteiger partial charge in [-0.15, -0.1) is 0 Å². The second-order valence-corrected chi connectivity index (χ2v) is 5.80. The number of carbonyl (C=O) groups excluding carboxylic acids is 1. The zero-order valence-electron chi connectivity index (χ0n) is 13.9. The molecule has 0 atom stereocenters. The Hall–Kier alpha value is -2.53. The van der Waals surface area contributed by atoms with Crippen molar-refractivity contribution in [3.8, 4) is 11.5 Å². The summed E-state index contributed by atoms with van der Waals surface area (Å²) < 4.78 is 10.7. The standard InChI is InChI=1S/C19H22N2O3/c1-23-18-9-5-6-16(14-18)15-20-10-12-21(13-11-20)19(22)24-17-7-3-2-4-8-17/h2-9,14H,10-13,15H2,1H3. The lowest BCUT2D eigenvalue weighted by molar-refractivity contribution is 0.108. The van der Waals surface area contributed by atoms with Crippen LogP contribution >= 0.6 is 0 Å². The molecule has 0 radical (unpaired) electrons. The number of carbonyl (C=O) groups is 1. The van der Waals surface area contributed by atoms with Crippen LogP contribution in [0.2, 0.25) is 0 Å². The lowest BCUT2D eigenvalue weighted by atomic mass is 10.2. The molecule has 24 heavy (non-hydrogen) atoms. The number of hydrogen-bond donors (Lipinski definition) is 0. The van der Waals surface area contributed by atoms with E-state index in [2.05, 4.69) is 17.0 Å². The van der Waals surface area contributed by atoms with Gasteiger partial charge in [-0.1, -0.05) is 30.3 Å². The highest BCUT2D eigenvalue weighted by atomic mass is 16.6. The van der Waals surface area contributed by atoms with Gasteiger partial charge < -0.3 is 14.4 Å². The predicted molar refractivity (Wildman–Crippen MR) is 92.3 cm³/mol. The Morgan fingerprint density at radius 3 is 2.38 bits per heavy atom. The van der Waals surface area contributed by atoms with Crippen LogP contribution in [0.15, 0.2) is 54.6 Å². The Kier molecular flexibility index (Phi) is 5.33. The molecule has 0 aliphatic carbocycles. The Labute approximate surface area is 142 Å². The minimum Gasteiger partial charge on any atom is -0.497 e. The smallest absolute Gasteiger partial charge is 0.415 e. The molecule has 0 saturated carbocycles. The maximum Gasteiger partial charge on any atom is 0.415 e. The molecule has 0 bridgehead atoms. The average Bonchev–Trinajstić information content (AvgIpc) is 2.63. The topological polar surface area (TPSA) is 42.0 Å². The number of amides is 1. The molecule has 1 aliphatic rings. The Bertz CT molecular complexity index is 667. The van der Waals surface area contributed by atoms with Gasteiger partial charge in [0.1, 0.15) is 11.5 Å². The van der Waals surface area contributed by atoms with Gasteiger partial charge in [-0.2, -0.15) is 0 Å². The highest BCUT2D eigenvalue weighted by molar-refractivity contribution is 5.70. The third-order valence-corrected chi connectivity index (χ3v) is 4.12. The number of rotatable bonds is 4. The molecule has 1 aliphatic heterocycles. The molecule has 1 saturated heterocycles. The van der Waals surface area contributed by atoms with E-state index in [0.29, 0.717) is 18.8 Å². The van der Waals surface area contributed by atoms with Crippen molar-refractivity contribution in [2.45, 2.75) is 6.54 Å². The van der Waals surface area contributed by atoms with E-state index in [1.807, 2.05) is 30.3 Å². The lowest BCUT2D eigenvalue weighted by Gasteiger charge is -2.34. The third-order valence-electron chi connectivity index (χ3n) is 4.12. The van der Waals surface area contributed by atoms with E-state index in [1.165, 1.54) is 5.56 Å². The van der Waals surface area contributed by atoms with Crippen molar-refractivity contribution in [1.82, 2.24) is 9.80 Å². The van der Waals surface area contributed by atoms with E-state index in [0.717, 1.165) is 25.4 Å². The number of hydrogen-bond acceptors (Lipinski definition) is 4. The summed E-state index contributed by atoms with van der Waals surface area (Å²) in [5.74, 6) is 1.46. The zero-order chi connectivity index (χ0) is 16.8. The summed E-state index contributed by atoms with van der Waals surface area (Å²) in [7, 11) is 1.68. The summed E-state index contributed by atoms with van der Waals surface area (Å²) in [6.07, 6.45) is -0.276. The number of ether oxygens (including phenoxy) is 2. The van der Waals surface area contributed by atoms with Crippen LogP contribution in [0.3, 0.4) is 0 Å². The Balaban J connectivity index is 1.49. The molecule has 1 heterocycles. The monoisotopic (exact) mass is 326 g/mol. The Morgan fingerprint density at radius 2 is 1.67 bits per heavy atom. The summed E-state index contributed by atoms with van der Waals surface area (Å²) in [5.41, 5.74) is 1.22. The van der Waals surface area contributed by atoms with Gasteiger partial charge in [0.05, 0.1) is 7.11 Å². The van der Waals surface area contributed by atoms with E-state index in [9.17, 15) is 4.79 Å². The maximum absolute atomic E-state index is 12.2. The van der Waals surface area contributed by atoms with Crippen LogP contribution in [0.25, 0.3) is 0 Å². The molecule has 5 nitrogen and oxygen atoms in total. The number of nitrogens with zero attached hydrogens (tertiary/aromatic N) is 2. The number of para-hydroxylation sites is 1. The fourth-order valence-corrected chi connectivity index (χ4v) is 2.77. The minimum absolute atomic E-state index is 0.276. The molecule has 1 amide bonds. The molecular formula is C19H22N2O3. The zero-order valence-corrected chi connectivity index (χ0v) is 13.9. The van der Waals surface area contributed by atoms with Crippen molar-refractivity contribution < 1.29 is 14.3 Å². The first-order valence-electron chi connectivity index (χ1n) is 8.12. The highest BCUT2D eigenvalue weighted by Crippen LogP contribution is 2.16. The molecule has 126 valence electrons. The maximum atomic E-state index is 12.2. The summed E-state index contributed by atoms with van der Waals surface area (Å²) in [4.78, 5) is 16.3. The molecule has 2 aromatic rings. The highest BCUT2D eigenvalue weighted by Gasteiger charge is 2.22. The van der Waals surface area contributed by atoms with Gasteiger partial charge in [-0.25, -0.2) is 4.79 Å². The van der Waals surface area contributed by atoms with Gasteiger partial charge in [0.25, 0.3) is 0 Å². The summed E-state index contributed by atoms with van der Waals surface area (Å²) in [6, 6.07) is 17.3. The quantitative estimate of drug-likeness (QED) is 0.866. The van der Waals surface area contributed by atoms with Crippen LogP contribution in [0.4, 0.5) is 4.79 Å². The van der Waals surface area contributed by atoms with Gasteiger partial charge in [-0.3, -0.25) is 4.90 Å². The molecule has 0 N–H and O–H groups in total. The van der Waals surface area contributed by atoms with Crippen LogP contribution < -0.4 is 9.47 Å². The average molecular weight is 326 g/mol. The molecule has 0 unspecified atom stereocenters. The van der Waals surface area contributed by atoms with Crippen LogP contribution in [0.1, 0.15) is 5.56 Å². The van der Waals surface area contributed by atoms with Crippen molar-refractivity contribution in [2.75, 3.05) is 33.3 Å². The molecule has 1 fully saturated rings. The molecule has 3 rings (SSSR count). The molecule has 0 spiro atoms. The Morgan fingerprint density at radius 1 is 0.958 bits per heavy atom. The first-order chi connectivity index (χ1) is 11.7. The van der Waals surface area contributed by atoms with E-state index in [1.54, 1.807) is 24.1 Å². The van der Waals surface area contributed by atoms with Gasteiger partial charge in [0, 0.05) is 32.7 Å². The molecule has 5 heteroatoms. The van der Waals surface area contributed by atoms with Crippen LogP contribution in [0.5, 0.6) is 11.5 Å². The van der Waals surface area contributed by atoms with Gasteiger partial charge in [-0.05, 0) is 29.8 Å². The summed E-state index contributed by atoms with van der Waals surface area (Å²) in [5, 5.41) is 0. The van der Waals surface area contributed by atoms with E-state index >= 15 is 0 Å². The molecular weight excluding hydrogens is 304 g/mol. The second-order valence-electron chi connectivity index (χ2n) is 5.80. The van der Waals surface area contributed by atoms with E-state index in [-0.39, 0.29) is 6.09 Å². The van der Waals surface area contributed by atoms with E-state index in [4.69, 9.17) is 9.47 Å². The van der Waals surface area contributed by atoms with E-state index < -0.39 is 0 Å².